The second kappa shape index (κ2) is 4.40. The van der Waals surface area contributed by atoms with Crippen molar-refractivity contribution >= 4 is 11.1 Å². The summed E-state index contributed by atoms with van der Waals surface area (Å²) in [5.74, 6) is -0.444. The Kier molecular flexibility index (Phi) is 2.72. The Labute approximate surface area is 108 Å². The van der Waals surface area contributed by atoms with Crippen molar-refractivity contribution in [1.82, 2.24) is 14.8 Å². The Bertz CT molecular complexity index is 781. The molecule has 0 unspecified atom stereocenters. The average molecular weight is 258 g/mol. The molecule has 0 atom stereocenters. The van der Waals surface area contributed by atoms with Gasteiger partial charge in [0.1, 0.15) is 0 Å². The summed E-state index contributed by atoms with van der Waals surface area (Å²) < 4.78 is 6.87. The smallest absolute Gasteiger partial charge is 0.408 e. The molecule has 3 rings (SSSR count). The minimum Gasteiger partial charge on any atom is -0.408 e. The molecule has 2 aromatic heterocycles. The fourth-order valence-corrected chi connectivity index (χ4v) is 2.17. The number of nitrogens with zero attached hydrogens (tertiary/aromatic N) is 2. The van der Waals surface area contributed by atoms with Gasteiger partial charge in [0.25, 0.3) is 0 Å². The third-order valence-electron chi connectivity index (χ3n) is 3.05. The van der Waals surface area contributed by atoms with E-state index >= 15 is 0 Å². The third kappa shape index (κ3) is 2.06. The molecule has 3 aromatic rings. The summed E-state index contributed by atoms with van der Waals surface area (Å²) in [5, 5.41) is 4.40. The topological polar surface area (TPSA) is 89.8 Å². The van der Waals surface area contributed by atoms with Crippen LogP contribution in [-0.4, -0.2) is 21.3 Å². The molecule has 0 radical (unpaired) electrons. The van der Waals surface area contributed by atoms with E-state index in [1.54, 1.807) is 4.68 Å². The van der Waals surface area contributed by atoms with Crippen LogP contribution in [0.2, 0.25) is 0 Å². The molecule has 0 saturated heterocycles. The Morgan fingerprint density at radius 2 is 2.26 bits per heavy atom. The minimum absolute atomic E-state index is 0.444. The normalized spacial score (nSPS) is 11.3. The first-order valence-electron chi connectivity index (χ1n) is 6.03. The quantitative estimate of drug-likeness (QED) is 0.734. The molecule has 0 aliphatic rings. The Morgan fingerprint density at radius 1 is 1.42 bits per heavy atom. The van der Waals surface area contributed by atoms with E-state index in [4.69, 9.17) is 10.2 Å². The van der Waals surface area contributed by atoms with E-state index < -0.39 is 5.76 Å². The molecular weight excluding hydrogens is 244 g/mol. The Balaban J connectivity index is 2.10. The number of fused-ring (bicyclic) bond motifs is 1. The summed E-state index contributed by atoms with van der Waals surface area (Å²) in [4.78, 5) is 13.8. The number of aromatic amines is 1. The second-order valence-electron chi connectivity index (χ2n) is 4.41. The first kappa shape index (κ1) is 11.7. The van der Waals surface area contributed by atoms with Crippen LogP contribution in [-0.2, 0) is 13.5 Å². The van der Waals surface area contributed by atoms with Crippen LogP contribution in [0, 0.1) is 0 Å². The van der Waals surface area contributed by atoms with Crippen LogP contribution in [0.5, 0.6) is 0 Å². The maximum Gasteiger partial charge on any atom is 0.417 e. The lowest BCUT2D eigenvalue weighted by molar-refractivity contribution is 0.555. The highest BCUT2D eigenvalue weighted by Gasteiger charge is 2.09. The number of benzene rings is 1. The first-order chi connectivity index (χ1) is 9.17. The lowest BCUT2D eigenvalue weighted by atomic mass is 10.1. The molecule has 0 aliphatic carbocycles. The lowest BCUT2D eigenvalue weighted by Gasteiger charge is -2.00. The van der Waals surface area contributed by atoms with Crippen molar-refractivity contribution in [3.63, 3.8) is 0 Å². The van der Waals surface area contributed by atoms with Crippen molar-refractivity contribution in [3.8, 4) is 11.3 Å². The summed E-state index contributed by atoms with van der Waals surface area (Å²) in [6, 6.07) is 7.58. The van der Waals surface area contributed by atoms with Crippen molar-refractivity contribution in [3.05, 3.63) is 40.5 Å². The van der Waals surface area contributed by atoms with Crippen LogP contribution in [0.25, 0.3) is 22.4 Å². The number of nitrogens with one attached hydrogen (secondary N) is 1. The van der Waals surface area contributed by atoms with E-state index in [2.05, 4.69) is 10.1 Å². The van der Waals surface area contributed by atoms with E-state index in [9.17, 15) is 4.79 Å². The van der Waals surface area contributed by atoms with E-state index in [-0.39, 0.29) is 0 Å². The van der Waals surface area contributed by atoms with Gasteiger partial charge in [-0.2, -0.15) is 5.10 Å². The molecule has 6 heteroatoms. The SMILES string of the molecule is Cn1nc(CCN)cc1-c1ccc2[nH]c(=O)oc2c1. The van der Waals surface area contributed by atoms with Gasteiger partial charge in [0, 0.05) is 19.0 Å². The van der Waals surface area contributed by atoms with Gasteiger partial charge in [0.2, 0.25) is 0 Å². The average Bonchev–Trinajstić information content (AvgIpc) is 2.90. The van der Waals surface area contributed by atoms with Crippen molar-refractivity contribution < 1.29 is 4.42 Å². The lowest BCUT2D eigenvalue weighted by Crippen LogP contribution is -2.03. The fraction of sp³-hybridized carbons (Fsp3) is 0.231. The van der Waals surface area contributed by atoms with Gasteiger partial charge in [-0.15, -0.1) is 0 Å². The summed E-state index contributed by atoms with van der Waals surface area (Å²) in [7, 11) is 1.88. The number of nitrogens with two attached hydrogens (primary N) is 1. The predicted molar refractivity (Wildman–Crippen MR) is 71.8 cm³/mol. The molecule has 98 valence electrons. The summed E-state index contributed by atoms with van der Waals surface area (Å²) in [6.07, 6.45) is 0.745. The maximum atomic E-state index is 11.1. The number of H-pyrrole nitrogens is 1. The van der Waals surface area contributed by atoms with Gasteiger partial charge in [-0.3, -0.25) is 9.67 Å². The molecule has 0 spiro atoms. The number of hydrogen-bond acceptors (Lipinski definition) is 4. The van der Waals surface area contributed by atoms with Crippen LogP contribution in [0.3, 0.4) is 0 Å². The molecule has 6 nitrogen and oxygen atoms in total. The Morgan fingerprint density at radius 3 is 3.05 bits per heavy atom. The van der Waals surface area contributed by atoms with Gasteiger partial charge >= 0.3 is 5.76 Å². The molecule has 0 fully saturated rings. The van der Waals surface area contributed by atoms with E-state index in [0.29, 0.717) is 17.6 Å². The van der Waals surface area contributed by atoms with Gasteiger partial charge in [-0.05, 0) is 24.7 Å². The highest BCUT2D eigenvalue weighted by atomic mass is 16.4. The highest BCUT2D eigenvalue weighted by molar-refractivity contribution is 5.79. The monoisotopic (exact) mass is 258 g/mol. The summed E-state index contributed by atoms with van der Waals surface area (Å²) >= 11 is 0. The number of rotatable bonds is 3. The number of oxazole rings is 1. The molecular formula is C13H14N4O2. The molecule has 0 aliphatic heterocycles. The van der Waals surface area contributed by atoms with Crippen LogP contribution in [0.1, 0.15) is 5.69 Å². The number of hydrogen-bond donors (Lipinski definition) is 2. The van der Waals surface area contributed by atoms with Crippen LogP contribution >= 0.6 is 0 Å². The Hall–Kier alpha value is -2.34. The second-order valence-corrected chi connectivity index (χ2v) is 4.41. The zero-order valence-electron chi connectivity index (χ0n) is 10.5. The van der Waals surface area contributed by atoms with E-state index in [1.807, 2.05) is 31.3 Å². The van der Waals surface area contributed by atoms with Crippen molar-refractivity contribution in [2.75, 3.05) is 6.54 Å². The van der Waals surface area contributed by atoms with Crippen LogP contribution in [0.15, 0.2) is 33.5 Å². The molecule has 1 aromatic carbocycles. The molecule has 19 heavy (non-hydrogen) atoms. The number of aryl methyl sites for hydroxylation is 1. The first-order valence-corrected chi connectivity index (χ1v) is 6.03. The third-order valence-corrected chi connectivity index (χ3v) is 3.05. The highest BCUT2D eigenvalue weighted by Crippen LogP contribution is 2.23. The zero-order chi connectivity index (χ0) is 13.4. The molecule has 0 saturated carbocycles. The van der Waals surface area contributed by atoms with Crippen LogP contribution < -0.4 is 11.5 Å². The van der Waals surface area contributed by atoms with Crippen molar-refractivity contribution in [2.45, 2.75) is 6.42 Å². The van der Waals surface area contributed by atoms with Gasteiger partial charge in [-0.1, -0.05) is 6.07 Å². The largest absolute Gasteiger partial charge is 0.417 e. The summed E-state index contributed by atoms with van der Waals surface area (Å²) in [5.41, 5.74) is 9.64. The standard InChI is InChI=1S/C13H14N4O2/c1-17-11(7-9(16-17)4-5-14)8-2-3-10-12(6-8)19-13(18)15-10/h2-3,6-7H,4-5,14H2,1H3,(H,15,18). The predicted octanol–water partition coefficient (Wildman–Crippen LogP) is 1.02. The van der Waals surface area contributed by atoms with Crippen molar-refractivity contribution in [2.24, 2.45) is 12.8 Å². The van der Waals surface area contributed by atoms with Gasteiger partial charge < -0.3 is 10.2 Å². The molecule has 3 N–H and O–H groups in total. The van der Waals surface area contributed by atoms with E-state index in [1.165, 1.54) is 0 Å². The zero-order valence-corrected chi connectivity index (χ0v) is 10.5. The molecule has 2 heterocycles. The minimum atomic E-state index is -0.444. The van der Waals surface area contributed by atoms with Gasteiger partial charge in [0.15, 0.2) is 5.58 Å². The molecule has 0 amide bonds. The number of aromatic nitrogens is 3. The fourth-order valence-electron chi connectivity index (χ4n) is 2.17. The van der Waals surface area contributed by atoms with Crippen LogP contribution in [0.4, 0.5) is 0 Å². The van der Waals surface area contributed by atoms with E-state index in [0.717, 1.165) is 23.4 Å². The van der Waals surface area contributed by atoms with Crippen molar-refractivity contribution in [1.29, 1.82) is 0 Å². The maximum absolute atomic E-state index is 11.1. The molecule has 0 bridgehead atoms. The summed E-state index contributed by atoms with van der Waals surface area (Å²) in [6.45, 7) is 0.572. The van der Waals surface area contributed by atoms with Gasteiger partial charge in [-0.25, -0.2) is 4.79 Å². The van der Waals surface area contributed by atoms with Gasteiger partial charge in [0.05, 0.1) is 16.9 Å².